The molecule has 92 valence electrons. The summed E-state index contributed by atoms with van der Waals surface area (Å²) in [6.45, 7) is 1.85. The first kappa shape index (κ1) is 13.0. The quantitative estimate of drug-likeness (QED) is 0.698. The maximum absolute atomic E-state index is 11.1. The molecule has 0 radical (unpaired) electrons. The van der Waals surface area contributed by atoms with Gasteiger partial charge in [0.05, 0.1) is 5.56 Å². The molecule has 0 unspecified atom stereocenters. The number of nitrogens with two attached hydrogens (primary N) is 1. The molecule has 0 saturated carbocycles. The van der Waals surface area contributed by atoms with Crippen molar-refractivity contribution in [2.24, 2.45) is 5.73 Å². The molecular formula is C11H13NO5. The van der Waals surface area contributed by atoms with E-state index >= 15 is 0 Å². The predicted molar refractivity (Wildman–Crippen MR) is 59.6 cm³/mol. The van der Waals surface area contributed by atoms with E-state index in [1.54, 1.807) is 0 Å². The molecule has 0 atom stereocenters. The molecule has 4 N–H and O–H groups in total. The Hall–Kier alpha value is -2.08. The minimum atomic E-state index is -1.22. The second-order valence-electron chi connectivity index (χ2n) is 3.36. The molecule has 0 saturated heterocycles. The molecule has 0 aliphatic rings. The van der Waals surface area contributed by atoms with Gasteiger partial charge < -0.3 is 20.7 Å². The van der Waals surface area contributed by atoms with Crippen LogP contribution < -0.4 is 10.5 Å². The summed E-state index contributed by atoms with van der Waals surface area (Å²) < 4.78 is 5.16. The molecule has 17 heavy (non-hydrogen) atoms. The zero-order valence-electron chi connectivity index (χ0n) is 9.27. The standard InChI is InChI=1S/C11H13NO5/c1-6-7(10(13)14)2-3-8(17-5-4-12)9(6)11(15)16/h2-3H,4-5,12H2,1H3,(H,13,14)(H,15,16). The van der Waals surface area contributed by atoms with Crippen LogP contribution in [0.25, 0.3) is 0 Å². The Labute approximate surface area is 97.6 Å². The third kappa shape index (κ3) is 2.73. The fraction of sp³-hybridized carbons (Fsp3) is 0.273. The summed E-state index contributed by atoms with van der Waals surface area (Å²) in [4.78, 5) is 21.9. The van der Waals surface area contributed by atoms with Crippen molar-refractivity contribution in [3.05, 3.63) is 28.8 Å². The van der Waals surface area contributed by atoms with Crippen molar-refractivity contribution in [1.29, 1.82) is 0 Å². The van der Waals surface area contributed by atoms with Crippen molar-refractivity contribution < 1.29 is 24.5 Å². The predicted octanol–water partition coefficient (Wildman–Crippen LogP) is 0.729. The zero-order chi connectivity index (χ0) is 13.0. The third-order valence-corrected chi connectivity index (χ3v) is 2.25. The molecule has 6 heteroatoms. The van der Waals surface area contributed by atoms with Crippen LogP contribution in [0.5, 0.6) is 5.75 Å². The van der Waals surface area contributed by atoms with Gasteiger partial charge in [0.1, 0.15) is 17.9 Å². The number of carbonyl (C=O) groups is 2. The van der Waals surface area contributed by atoms with Gasteiger partial charge in [0.15, 0.2) is 0 Å². The highest BCUT2D eigenvalue weighted by atomic mass is 16.5. The van der Waals surface area contributed by atoms with E-state index in [1.165, 1.54) is 19.1 Å². The van der Waals surface area contributed by atoms with Crippen LogP contribution in [0.3, 0.4) is 0 Å². The van der Waals surface area contributed by atoms with E-state index < -0.39 is 11.9 Å². The van der Waals surface area contributed by atoms with Gasteiger partial charge in [-0.1, -0.05) is 0 Å². The molecule has 0 fully saturated rings. The molecule has 0 amide bonds. The Kier molecular flexibility index (Phi) is 4.06. The largest absolute Gasteiger partial charge is 0.491 e. The molecule has 1 rings (SSSR count). The number of ether oxygens (including phenoxy) is 1. The van der Waals surface area contributed by atoms with Gasteiger partial charge in [-0.3, -0.25) is 0 Å². The Balaban J connectivity index is 3.29. The maximum atomic E-state index is 11.1. The van der Waals surface area contributed by atoms with Crippen LogP contribution >= 0.6 is 0 Å². The highest BCUT2D eigenvalue weighted by molar-refractivity contribution is 5.98. The van der Waals surface area contributed by atoms with E-state index in [4.69, 9.17) is 20.7 Å². The normalized spacial score (nSPS) is 10.0. The van der Waals surface area contributed by atoms with Crippen LogP contribution in [-0.2, 0) is 0 Å². The number of carboxylic acids is 2. The van der Waals surface area contributed by atoms with Crippen molar-refractivity contribution in [3.8, 4) is 5.75 Å². The Morgan fingerprint density at radius 2 is 1.94 bits per heavy atom. The highest BCUT2D eigenvalue weighted by Crippen LogP contribution is 2.25. The molecule has 0 aliphatic carbocycles. The van der Waals surface area contributed by atoms with Crippen LogP contribution in [0.15, 0.2) is 12.1 Å². The van der Waals surface area contributed by atoms with E-state index in [2.05, 4.69) is 0 Å². The van der Waals surface area contributed by atoms with E-state index in [1.807, 2.05) is 0 Å². The maximum Gasteiger partial charge on any atom is 0.339 e. The number of benzene rings is 1. The van der Waals surface area contributed by atoms with E-state index in [0.717, 1.165) is 0 Å². The third-order valence-electron chi connectivity index (χ3n) is 2.25. The SMILES string of the molecule is Cc1c(C(=O)O)ccc(OCCN)c1C(=O)O. The van der Waals surface area contributed by atoms with E-state index in [0.29, 0.717) is 0 Å². The fourth-order valence-corrected chi connectivity index (χ4v) is 1.47. The van der Waals surface area contributed by atoms with Crippen LogP contribution in [0.1, 0.15) is 26.3 Å². The second kappa shape index (κ2) is 5.31. The van der Waals surface area contributed by atoms with Gasteiger partial charge >= 0.3 is 11.9 Å². The average Bonchev–Trinajstić information content (AvgIpc) is 2.25. The number of rotatable bonds is 5. The summed E-state index contributed by atoms with van der Waals surface area (Å²) >= 11 is 0. The van der Waals surface area contributed by atoms with Crippen molar-refractivity contribution >= 4 is 11.9 Å². The molecular weight excluding hydrogens is 226 g/mol. The van der Waals surface area contributed by atoms with Crippen LogP contribution in [0, 0.1) is 6.92 Å². The van der Waals surface area contributed by atoms with Crippen molar-refractivity contribution in [2.45, 2.75) is 6.92 Å². The summed E-state index contributed by atoms with van der Waals surface area (Å²) in [7, 11) is 0. The average molecular weight is 239 g/mol. The van der Waals surface area contributed by atoms with Gasteiger partial charge in [0, 0.05) is 6.54 Å². The van der Waals surface area contributed by atoms with Gasteiger partial charge in [-0.15, -0.1) is 0 Å². The molecule has 0 bridgehead atoms. The number of carboxylic acid groups (broad SMARTS) is 2. The van der Waals surface area contributed by atoms with Gasteiger partial charge in [-0.25, -0.2) is 9.59 Å². The smallest absolute Gasteiger partial charge is 0.339 e. The van der Waals surface area contributed by atoms with Crippen LogP contribution in [0.4, 0.5) is 0 Å². The summed E-state index contributed by atoms with van der Waals surface area (Å²) in [5.41, 5.74) is 5.22. The summed E-state index contributed by atoms with van der Waals surface area (Å²) in [5.74, 6) is -2.27. The summed E-state index contributed by atoms with van der Waals surface area (Å²) in [5, 5.41) is 17.9. The minimum absolute atomic E-state index is 0.0532. The van der Waals surface area contributed by atoms with E-state index in [9.17, 15) is 9.59 Å². The number of hydrogen-bond donors (Lipinski definition) is 3. The Bertz CT molecular complexity index is 455. The minimum Gasteiger partial charge on any atom is -0.491 e. The first-order valence-corrected chi connectivity index (χ1v) is 4.92. The lowest BCUT2D eigenvalue weighted by molar-refractivity contribution is 0.0691. The van der Waals surface area contributed by atoms with Gasteiger partial charge in [0.2, 0.25) is 0 Å². The molecule has 0 aromatic heterocycles. The summed E-state index contributed by atoms with van der Waals surface area (Å²) in [6.07, 6.45) is 0. The van der Waals surface area contributed by atoms with Crippen molar-refractivity contribution in [1.82, 2.24) is 0 Å². The monoisotopic (exact) mass is 239 g/mol. The second-order valence-corrected chi connectivity index (χ2v) is 3.36. The van der Waals surface area contributed by atoms with Crippen LogP contribution in [0.2, 0.25) is 0 Å². The molecule has 6 nitrogen and oxygen atoms in total. The van der Waals surface area contributed by atoms with Gasteiger partial charge in [-0.2, -0.15) is 0 Å². The molecule has 1 aromatic carbocycles. The van der Waals surface area contributed by atoms with Crippen molar-refractivity contribution in [3.63, 3.8) is 0 Å². The Morgan fingerprint density at radius 1 is 1.29 bits per heavy atom. The summed E-state index contributed by atoms with van der Waals surface area (Å²) in [6, 6.07) is 2.64. The lowest BCUT2D eigenvalue weighted by Crippen LogP contribution is -2.14. The molecule has 0 spiro atoms. The number of aromatic carboxylic acids is 2. The zero-order valence-corrected chi connectivity index (χ0v) is 9.27. The van der Waals surface area contributed by atoms with Crippen molar-refractivity contribution in [2.75, 3.05) is 13.2 Å². The first-order valence-electron chi connectivity index (χ1n) is 4.92. The fourth-order valence-electron chi connectivity index (χ4n) is 1.47. The Morgan fingerprint density at radius 3 is 2.41 bits per heavy atom. The molecule has 0 aliphatic heterocycles. The number of hydrogen-bond acceptors (Lipinski definition) is 4. The topological polar surface area (TPSA) is 110 Å². The van der Waals surface area contributed by atoms with Gasteiger partial charge in [0.25, 0.3) is 0 Å². The lowest BCUT2D eigenvalue weighted by atomic mass is 10.0. The molecule has 1 aromatic rings. The van der Waals surface area contributed by atoms with Gasteiger partial charge in [-0.05, 0) is 24.6 Å². The molecule has 0 heterocycles. The van der Waals surface area contributed by atoms with Crippen LogP contribution in [-0.4, -0.2) is 35.3 Å². The first-order chi connectivity index (χ1) is 7.99. The lowest BCUT2D eigenvalue weighted by Gasteiger charge is -2.12. The highest BCUT2D eigenvalue weighted by Gasteiger charge is 2.20. The van der Waals surface area contributed by atoms with E-state index in [-0.39, 0.29) is 35.6 Å².